The third-order valence-electron chi connectivity index (χ3n) is 3.42. The van der Waals surface area contributed by atoms with E-state index in [9.17, 15) is 4.39 Å². The Morgan fingerprint density at radius 3 is 2.47 bits per heavy atom. The van der Waals surface area contributed by atoms with Gasteiger partial charge < -0.3 is 0 Å². The predicted molar refractivity (Wildman–Crippen MR) is 59.2 cm³/mol. The summed E-state index contributed by atoms with van der Waals surface area (Å²) in [5.41, 5.74) is 2.62. The first-order valence-corrected chi connectivity index (χ1v) is 5.38. The number of aryl methyl sites for hydroxylation is 1. The molecule has 0 spiro atoms. The Labute approximate surface area is 89.1 Å². The summed E-state index contributed by atoms with van der Waals surface area (Å²) in [4.78, 5) is 0. The van der Waals surface area contributed by atoms with Gasteiger partial charge in [0.2, 0.25) is 0 Å². The zero-order valence-corrected chi connectivity index (χ0v) is 8.65. The number of fused-ring (bicyclic) bond motifs is 1. The number of benzene rings is 1. The molecular weight excluding hydrogens is 187 g/mol. The summed E-state index contributed by atoms with van der Waals surface area (Å²) >= 11 is 0. The molecule has 0 aliphatic heterocycles. The van der Waals surface area contributed by atoms with Crippen LogP contribution in [0.1, 0.15) is 17.0 Å². The molecule has 0 amide bonds. The number of hydrogen-bond donors (Lipinski definition) is 0. The van der Waals surface area contributed by atoms with Crippen LogP contribution in [0.15, 0.2) is 48.3 Å². The first-order chi connectivity index (χ1) is 7.25. The van der Waals surface area contributed by atoms with Crippen molar-refractivity contribution in [3.63, 3.8) is 0 Å². The smallest absolute Gasteiger partial charge is 0.119 e. The van der Waals surface area contributed by atoms with Crippen LogP contribution in [-0.4, -0.2) is 0 Å². The Kier molecular flexibility index (Phi) is 1.82. The molecule has 0 heterocycles. The summed E-state index contributed by atoms with van der Waals surface area (Å²) in [5, 5.41) is 0. The molecule has 76 valence electrons. The van der Waals surface area contributed by atoms with Gasteiger partial charge in [-0.1, -0.05) is 35.9 Å². The normalized spacial score (nSPS) is 32.1. The SMILES string of the molecule is Cc1ccc(C2C3C=CC(F)=CC32)cc1. The van der Waals surface area contributed by atoms with Gasteiger partial charge in [0, 0.05) is 0 Å². The van der Waals surface area contributed by atoms with Gasteiger partial charge in [-0.3, -0.25) is 0 Å². The minimum atomic E-state index is -0.0779. The van der Waals surface area contributed by atoms with Gasteiger partial charge in [-0.25, -0.2) is 4.39 Å². The fourth-order valence-electron chi connectivity index (χ4n) is 2.50. The van der Waals surface area contributed by atoms with E-state index in [-0.39, 0.29) is 5.83 Å². The van der Waals surface area contributed by atoms with Crippen LogP contribution in [0.25, 0.3) is 0 Å². The quantitative estimate of drug-likeness (QED) is 0.647. The summed E-state index contributed by atoms with van der Waals surface area (Å²) in [5.74, 6) is 1.37. The second kappa shape index (κ2) is 3.06. The third-order valence-corrected chi connectivity index (χ3v) is 3.42. The van der Waals surface area contributed by atoms with Gasteiger partial charge in [0.1, 0.15) is 5.83 Å². The lowest BCUT2D eigenvalue weighted by atomic mass is 10.1. The Morgan fingerprint density at radius 1 is 1.07 bits per heavy atom. The summed E-state index contributed by atoms with van der Waals surface area (Å²) in [7, 11) is 0. The topological polar surface area (TPSA) is 0 Å². The van der Waals surface area contributed by atoms with E-state index in [1.807, 2.05) is 6.08 Å². The van der Waals surface area contributed by atoms with Gasteiger partial charge in [-0.2, -0.15) is 0 Å². The second-order valence-corrected chi connectivity index (χ2v) is 4.50. The highest BCUT2D eigenvalue weighted by atomic mass is 19.1. The van der Waals surface area contributed by atoms with Gasteiger partial charge in [-0.05, 0) is 42.4 Å². The molecule has 1 aromatic rings. The maximum atomic E-state index is 13.0. The molecule has 1 saturated carbocycles. The highest BCUT2D eigenvalue weighted by Crippen LogP contribution is 2.57. The average Bonchev–Trinajstić information content (AvgIpc) is 2.92. The van der Waals surface area contributed by atoms with Crippen molar-refractivity contribution in [2.24, 2.45) is 11.8 Å². The van der Waals surface area contributed by atoms with Crippen molar-refractivity contribution >= 4 is 0 Å². The van der Waals surface area contributed by atoms with Crippen molar-refractivity contribution in [2.45, 2.75) is 12.8 Å². The van der Waals surface area contributed by atoms with Crippen LogP contribution in [0.2, 0.25) is 0 Å². The lowest BCUT2D eigenvalue weighted by Crippen LogP contribution is -1.82. The number of allylic oxidation sites excluding steroid dienone is 4. The molecule has 15 heavy (non-hydrogen) atoms. The lowest BCUT2D eigenvalue weighted by Gasteiger charge is -1.98. The average molecular weight is 200 g/mol. The van der Waals surface area contributed by atoms with Crippen LogP contribution in [-0.2, 0) is 0 Å². The van der Waals surface area contributed by atoms with Gasteiger partial charge in [0.15, 0.2) is 0 Å². The predicted octanol–water partition coefficient (Wildman–Crippen LogP) is 3.75. The molecule has 0 saturated heterocycles. The summed E-state index contributed by atoms with van der Waals surface area (Å²) in [6, 6.07) is 8.59. The van der Waals surface area contributed by atoms with E-state index < -0.39 is 0 Å². The fraction of sp³-hybridized carbons (Fsp3) is 0.286. The second-order valence-electron chi connectivity index (χ2n) is 4.50. The standard InChI is InChI=1S/C14H13F/c1-9-2-4-10(5-3-9)14-12-7-6-11(15)8-13(12)14/h2-8,12-14H,1H3. The van der Waals surface area contributed by atoms with Crippen LogP contribution in [0.4, 0.5) is 4.39 Å². The maximum Gasteiger partial charge on any atom is 0.119 e. The monoisotopic (exact) mass is 200 g/mol. The molecule has 0 N–H and O–H groups in total. The van der Waals surface area contributed by atoms with Crippen molar-refractivity contribution in [1.29, 1.82) is 0 Å². The van der Waals surface area contributed by atoms with Gasteiger partial charge >= 0.3 is 0 Å². The summed E-state index contributed by atoms with van der Waals surface area (Å²) < 4.78 is 13.0. The van der Waals surface area contributed by atoms with Gasteiger partial charge in [0.05, 0.1) is 0 Å². The Balaban J connectivity index is 1.88. The third kappa shape index (κ3) is 1.43. The van der Waals surface area contributed by atoms with Gasteiger partial charge in [-0.15, -0.1) is 0 Å². The van der Waals surface area contributed by atoms with Crippen molar-refractivity contribution < 1.29 is 4.39 Å². The van der Waals surface area contributed by atoms with E-state index in [1.165, 1.54) is 11.1 Å². The molecule has 2 aliphatic rings. The fourth-order valence-corrected chi connectivity index (χ4v) is 2.50. The molecule has 2 aliphatic carbocycles. The number of hydrogen-bond acceptors (Lipinski definition) is 0. The molecule has 1 fully saturated rings. The van der Waals surface area contributed by atoms with Crippen LogP contribution >= 0.6 is 0 Å². The highest BCUT2D eigenvalue weighted by molar-refractivity contribution is 5.40. The molecule has 3 atom stereocenters. The minimum Gasteiger partial charge on any atom is -0.207 e. The van der Waals surface area contributed by atoms with Crippen LogP contribution < -0.4 is 0 Å². The summed E-state index contributed by atoms with van der Waals surface area (Å²) in [6.07, 6.45) is 5.36. The van der Waals surface area contributed by atoms with Crippen molar-refractivity contribution in [3.05, 3.63) is 59.4 Å². The van der Waals surface area contributed by atoms with Crippen molar-refractivity contribution in [2.75, 3.05) is 0 Å². The van der Waals surface area contributed by atoms with Crippen LogP contribution in [0.5, 0.6) is 0 Å². The maximum absolute atomic E-state index is 13.0. The first kappa shape index (κ1) is 8.90. The van der Waals surface area contributed by atoms with Crippen LogP contribution in [0, 0.1) is 18.8 Å². The zero-order valence-electron chi connectivity index (χ0n) is 8.65. The molecule has 0 bridgehead atoms. The molecule has 1 aromatic carbocycles. The van der Waals surface area contributed by atoms with E-state index in [2.05, 4.69) is 31.2 Å². The first-order valence-electron chi connectivity index (χ1n) is 5.38. The molecule has 3 rings (SSSR count). The van der Waals surface area contributed by atoms with Crippen LogP contribution in [0.3, 0.4) is 0 Å². The Morgan fingerprint density at radius 2 is 1.80 bits per heavy atom. The molecule has 1 heteroatoms. The van der Waals surface area contributed by atoms with Crippen molar-refractivity contribution in [3.8, 4) is 0 Å². The van der Waals surface area contributed by atoms with Gasteiger partial charge in [0.25, 0.3) is 0 Å². The summed E-state index contributed by atoms with van der Waals surface area (Å²) in [6.45, 7) is 2.09. The molecule has 0 radical (unpaired) electrons. The minimum absolute atomic E-state index is 0.0779. The van der Waals surface area contributed by atoms with E-state index in [4.69, 9.17) is 0 Å². The highest BCUT2D eigenvalue weighted by Gasteiger charge is 2.49. The van der Waals surface area contributed by atoms with E-state index in [0.29, 0.717) is 17.8 Å². The Bertz CT molecular complexity index is 439. The molecule has 0 nitrogen and oxygen atoms in total. The molecular formula is C14H13F. The van der Waals surface area contributed by atoms with Crippen molar-refractivity contribution in [1.82, 2.24) is 0 Å². The molecule has 0 aromatic heterocycles. The van der Waals surface area contributed by atoms with E-state index in [1.54, 1.807) is 12.2 Å². The lowest BCUT2D eigenvalue weighted by molar-refractivity contribution is 0.649. The Hall–Kier alpha value is -1.37. The van der Waals surface area contributed by atoms with E-state index >= 15 is 0 Å². The number of halogens is 1. The zero-order chi connectivity index (χ0) is 10.4. The largest absolute Gasteiger partial charge is 0.207 e. The number of rotatable bonds is 1. The van der Waals surface area contributed by atoms with E-state index in [0.717, 1.165) is 0 Å². The molecule has 3 unspecified atom stereocenters.